The fourth-order valence-corrected chi connectivity index (χ4v) is 1.93. The molecule has 4 heteroatoms. The molecule has 92 valence electrons. The minimum Gasteiger partial charge on any atom is -0.375 e. The van der Waals surface area contributed by atoms with Crippen molar-refractivity contribution in [3.05, 3.63) is 29.8 Å². The van der Waals surface area contributed by atoms with Gasteiger partial charge in [-0.1, -0.05) is 12.1 Å². The summed E-state index contributed by atoms with van der Waals surface area (Å²) in [7, 11) is 0. The maximum absolute atomic E-state index is 12.0. The molecule has 1 aromatic rings. The first-order valence-electron chi connectivity index (χ1n) is 5.89. The quantitative estimate of drug-likeness (QED) is 0.809. The van der Waals surface area contributed by atoms with E-state index in [9.17, 15) is 4.79 Å². The Bertz CT molecular complexity index is 406. The SMILES string of the molecule is Cc1cccc(NC(=O)N2CCOC(C)C2)c1. The topological polar surface area (TPSA) is 41.6 Å². The number of morpholine rings is 1. The smallest absolute Gasteiger partial charge is 0.322 e. The van der Waals surface area contributed by atoms with Gasteiger partial charge in [-0.2, -0.15) is 0 Å². The summed E-state index contributed by atoms with van der Waals surface area (Å²) in [6, 6.07) is 7.75. The number of nitrogens with one attached hydrogen (secondary N) is 1. The van der Waals surface area contributed by atoms with E-state index in [0.717, 1.165) is 11.3 Å². The van der Waals surface area contributed by atoms with E-state index in [4.69, 9.17) is 4.74 Å². The second kappa shape index (κ2) is 5.19. The number of ether oxygens (including phenoxy) is 1. The van der Waals surface area contributed by atoms with Crippen molar-refractivity contribution in [3.8, 4) is 0 Å². The van der Waals surface area contributed by atoms with Crippen molar-refractivity contribution in [2.75, 3.05) is 25.0 Å². The second-order valence-corrected chi connectivity index (χ2v) is 4.43. The normalized spacial score (nSPS) is 20.1. The minimum absolute atomic E-state index is 0.0502. The molecule has 0 spiro atoms. The molecular formula is C13H18N2O2. The summed E-state index contributed by atoms with van der Waals surface area (Å²) >= 11 is 0. The average Bonchev–Trinajstić information content (AvgIpc) is 2.29. The third kappa shape index (κ3) is 3.20. The summed E-state index contributed by atoms with van der Waals surface area (Å²) in [5.74, 6) is 0. The van der Waals surface area contributed by atoms with E-state index in [-0.39, 0.29) is 12.1 Å². The molecule has 1 aromatic carbocycles. The van der Waals surface area contributed by atoms with Crippen molar-refractivity contribution in [3.63, 3.8) is 0 Å². The molecule has 1 aliphatic heterocycles. The van der Waals surface area contributed by atoms with Crippen LogP contribution in [0.25, 0.3) is 0 Å². The molecule has 1 saturated heterocycles. The number of rotatable bonds is 1. The maximum Gasteiger partial charge on any atom is 0.322 e. The Labute approximate surface area is 102 Å². The highest BCUT2D eigenvalue weighted by molar-refractivity contribution is 5.89. The number of nitrogens with zero attached hydrogens (tertiary/aromatic N) is 1. The lowest BCUT2D eigenvalue weighted by molar-refractivity contribution is -0.00138. The zero-order chi connectivity index (χ0) is 12.3. The Morgan fingerprint density at radius 1 is 1.53 bits per heavy atom. The van der Waals surface area contributed by atoms with Crippen molar-refractivity contribution in [1.29, 1.82) is 0 Å². The summed E-state index contributed by atoms with van der Waals surface area (Å²) in [5.41, 5.74) is 1.98. The number of hydrogen-bond donors (Lipinski definition) is 1. The maximum atomic E-state index is 12.0. The molecule has 1 unspecified atom stereocenters. The van der Waals surface area contributed by atoms with E-state index in [1.807, 2.05) is 38.1 Å². The van der Waals surface area contributed by atoms with E-state index in [1.54, 1.807) is 4.90 Å². The molecule has 1 fully saturated rings. The third-order valence-electron chi connectivity index (χ3n) is 2.80. The van der Waals surface area contributed by atoms with E-state index < -0.39 is 0 Å². The molecule has 1 atom stereocenters. The number of benzene rings is 1. The predicted octanol–water partition coefficient (Wildman–Crippen LogP) is 2.25. The largest absolute Gasteiger partial charge is 0.375 e. The Morgan fingerprint density at radius 3 is 3.06 bits per heavy atom. The Kier molecular flexibility index (Phi) is 3.64. The molecule has 0 radical (unpaired) electrons. The lowest BCUT2D eigenvalue weighted by Crippen LogP contribution is -2.46. The lowest BCUT2D eigenvalue weighted by Gasteiger charge is -2.31. The molecule has 0 saturated carbocycles. The van der Waals surface area contributed by atoms with Crippen LogP contribution in [0.2, 0.25) is 0 Å². The van der Waals surface area contributed by atoms with Crippen LogP contribution in [0.15, 0.2) is 24.3 Å². The van der Waals surface area contributed by atoms with Crippen molar-refractivity contribution < 1.29 is 9.53 Å². The van der Waals surface area contributed by atoms with Crippen molar-refractivity contribution in [2.24, 2.45) is 0 Å². The van der Waals surface area contributed by atoms with E-state index >= 15 is 0 Å². The molecule has 1 heterocycles. The van der Waals surface area contributed by atoms with Gasteiger partial charge in [-0.05, 0) is 31.5 Å². The van der Waals surface area contributed by atoms with Crippen molar-refractivity contribution >= 4 is 11.7 Å². The zero-order valence-corrected chi connectivity index (χ0v) is 10.3. The molecule has 0 bridgehead atoms. The first-order chi connectivity index (χ1) is 8.15. The molecule has 0 aliphatic carbocycles. The van der Waals surface area contributed by atoms with Gasteiger partial charge < -0.3 is 15.0 Å². The summed E-state index contributed by atoms with van der Waals surface area (Å²) in [6.07, 6.45) is 0.118. The highest BCUT2D eigenvalue weighted by Gasteiger charge is 2.21. The first-order valence-corrected chi connectivity index (χ1v) is 5.89. The van der Waals surface area contributed by atoms with E-state index in [2.05, 4.69) is 5.32 Å². The number of hydrogen-bond acceptors (Lipinski definition) is 2. The van der Waals surface area contributed by atoms with Crippen LogP contribution in [0.4, 0.5) is 10.5 Å². The van der Waals surface area contributed by atoms with Crippen LogP contribution in [0.1, 0.15) is 12.5 Å². The van der Waals surface area contributed by atoms with Crippen LogP contribution < -0.4 is 5.32 Å². The molecule has 4 nitrogen and oxygen atoms in total. The fourth-order valence-electron chi connectivity index (χ4n) is 1.93. The van der Waals surface area contributed by atoms with Gasteiger partial charge in [-0.3, -0.25) is 0 Å². The molecule has 2 rings (SSSR count). The summed E-state index contributed by atoms with van der Waals surface area (Å²) < 4.78 is 5.41. The molecule has 0 aromatic heterocycles. The van der Waals surface area contributed by atoms with Gasteiger partial charge in [0.05, 0.1) is 12.7 Å². The lowest BCUT2D eigenvalue weighted by atomic mass is 10.2. The first kappa shape index (κ1) is 11.9. The van der Waals surface area contributed by atoms with Crippen LogP contribution >= 0.6 is 0 Å². The van der Waals surface area contributed by atoms with Gasteiger partial charge in [0.25, 0.3) is 0 Å². The average molecular weight is 234 g/mol. The summed E-state index contributed by atoms with van der Waals surface area (Å²) in [6.45, 7) is 5.90. The van der Waals surface area contributed by atoms with Crippen LogP contribution in [0.3, 0.4) is 0 Å². The van der Waals surface area contributed by atoms with Gasteiger partial charge in [0.15, 0.2) is 0 Å². The van der Waals surface area contributed by atoms with Gasteiger partial charge in [-0.25, -0.2) is 4.79 Å². The standard InChI is InChI=1S/C13H18N2O2/c1-10-4-3-5-12(8-10)14-13(16)15-6-7-17-11(2)9-15/h3-5,8,11H,6-7,9H2,1-2H3,(H,14,16). The van der Waals surface area contributed by atoms with Crippen LogP contribution in [0.5, 0.6) is 0 Å². The van der Waals surface area contributed by atoms with Crippen LogP contribution in [-0.4, -0.2) is 36.7 Å². The molecular weight excluding hydrogens is 216 g/mol. The van der Waals surface area contributed by atoms with Gasteiger partial charge in [0.2, 0.25) is 0 Å². The third-order valence-corrected chi connectivity index (χ3v) is 2.80. The zero-order valence-electron chi connectivity index (χ0n) is 10.3. The highest BCUT2D eigenvalue weighted by Crippen LogP contribution is 2.12. The highest BCUT2D eigenvalue weighted by atomic mass is 16.5. The second-order valence-electron chi connectivity index (χ2n) is 4.43. The van der Waals surface area contributed by atoms with Gasteiger partial charge in [0.1, 0.15) is 0 Å². The number of aryl methyl sites for hydroxylation is 1. The fraction of sp³-hybridized carbons (Fsp3) is 0.462. The van der Waals surface area contributed by atoms with Crippen LogP contribution in [0, 0.1) is 6.92 Å². The Morgan fingerprint density at radius 2 is 2.35 bits per heavy atom. The monoisotopic (exact) mass is 234 g/mol. The number of carbonyl (C=O) groups excluding carboxylic acids is 1. The molecule has 1 aliphatic rings. The number of urea groups is 1. The molecule has 17 heavy (non-hydrogen) atoms. The number of amides is 2. The van der Waals surface area contributed by atoms with Crippen molar-refractivity contribution in [2.45, 2.75) is 20.0 Å². The van der Waals surface area contributed by atoms with Gasteiger partial charge in [0, 0.05) is 18.8 Å². The Balaban J connectivity index is 1.96. The van der Waals surface area contributed by atoms with Crippen molar-refractivity contribution in [1.82, 2.24) is 4.90 Å². The summed E-state index contributed by atoms with van der Waals surface area (Å²) in [4.78, 5) is 13.8. The predicted molar refractivity (Wildman–Crippen MR) is 67.2 cm³/mol. The minimum atomic E-state index is -0.0502. The Hall–Kier alpha value is -1.55. The van der Waals surface area contributed by atoms with Gasteiger partial charge in [-0.15, -0.1) is 0 Å². The van der Waals surface area contributed by atoms with E-state index in [0.29, 0.717) is 19.7 Å². The van der Waals surface area contributed by atoms with Gasteiger partial charge >= 0.3 is 6.03 Å². The van der Waals surface area contributed by atoms with E-state index in [1.165, 1.54) is 0 Å². The molecule has 1 N–H and O–H groups in total. The number of carbonyl (C=O) groups is 1. The molecule has 2 amide bonds. The number of anilines is 1. The van der Waals surface area contributed by atoms with Crippen LogP contribution in [-0.2, 0) is 4.74 Å². The summed E-state index contributed by atoms with van der Waals surface area (Å²) in [5, 5.41) is 2.90.